The van der Waals surface area contributed by atoms with Gasteiger partial charge in [-0.2, -0.15) is 0 Å². The molecule has 0 saturated carbocycles. The minimum absolute atomic E-state index is 0.223. The van der Waals surface area contributed by atoms with Crippen molar-refractivity contribution in [1.29, 1.82) is 0 Å². The number of nitrogens with two attached hydrogens (primary N) is 1. The van der Waals surface area contributed by atoms with Gasteiger partial charge in [-0.25, -0.2) is 0 Å². The van der Waals surface area contributed by atoms with Gasteiger partial charge in [0.05, 0.1) is 5.56 Å². The van der Waals surface area contributed by atoms with Gasteiger partial charge in [-0.15, -0.1) is 0 Å². The van der Waals surface area contributed by atoms with Crippen molar-refractivity contribution in [3.63, 3.8) is 0 Å². The fraction of sp³-hybridized carbons (Fsp3) is 0.133. The molecule has 0 aliphatic heterocycles. The first-order valence-corrected chi connectivity index (χ1v) is 6.89. The Hall–Kier alpha value is -1.71. The molecule has 1 amide bonds. The number of halogens is 2. The van der Waals surface area contributed by atoms with Crippen molar-refractivity contribution >= 4 is 34.8 Å². The average molecular weight is 309 g/mol. The second-order valence-corrected chi connectivity index (χ2v) is 5.24. The van der Waals surface area contributed by atoms with Crippen LogP contribution in [0.5, 0.6) is 0 Å². The molecule has 3 N–H and O–H groups in total. The summed E-state index contributed by atoms with van der Waals surface area (Å²) in [5.41, 5.74) is 7.67. The van der Waals surface area contributed by atoms with E-state index in [1.54, 1.807) is 18.2 Å². The van der Waals surface area contributed by atoms with Gasteiger partial charge in [-0.3, -0.25) is 4.79 Å². The number of hydrogen-bond donors (Lipinski definition) is 2. The number of carbonyl (C=O) groups is 1. The predicted molar refractivity (Wildman–Crippen MR) is 83.4 cm³/mol. The van der Waals surface area contributed by atoms with Crippen LogP contribution in [0.1, 0.15) is 15.9 Å². The number of amides is 1. The van der Waals surface area contributed by atoms with E-state index < -0.39 is 0 Å². The van der Waals surface area contributed by atoms with E-state index in [9.17, 15) is 4.79 Å². The van der Waals surface area contributed by atoms with Gasteiger partial charge < -0.3 is 11.1 Å². The Kier molecular flexibility index (Phi) is 4.88. The molecule has 3 nitrogen and oxygen atoms in total. The summed E-state index contributed by atoms with van der Waals surface area (Å²) in [5.74, 6) is -0.223. The molecule has 0 aromatic heterocycles. The van der Waals surface area contributed by atoms with Crippen molar-refractivity contribution in [3.05, 3.63) is 63.6 Å². The lowest BCUT2D eigenvalue weighted by molar-refractivity contribution is 0.0955. The molecule has 5 heteroatoms. The number of nitrogen functional groups attached to an aromatic ring is 1. The standard InChI is InChI=1S/C15H14Cl2N2O/c16-11-3-1-10(2-4-11)7-8-19-15(20)13-9-12(17)5-6-14(13)18/h1-6,9H,7-8,18H2,(H,19,20). The molecule has 0 spiro atoms. The van der Waals surface area contributed by atoms with Gasteiger partial charge in [0.2, 0.25) is 0 Å². The van der Waals surface area contributed by atoms with Gasteiger partial charge in [-0.05, 0) is 42.3 Å². The summed E-state index contributed by atoms with van der Waals surface area (Å²) in [6.07, 6.45) is 0.726. The highest BCUT2D eigenvalue weighted by molar-refractivity contribution is 6.31. The molecule has 2 aromatic carbocycles. The van der Waals surface area contributed by atoms with Crippen molar-refractivity contribution in [2.75, 3.05) is 12.3 Å². The van der Waals surface area contributed by atoms with E-state index in [1.807, 2.05) is 24.3 Å². The highest BCUT2D eigenvalue weighted by Gasteiger charge is 2.09. The molecule has 0 fully saturated rings. The molecule has 0 atom stereocenters. The van der Waals surface area contributed by atoms with Crippen LogP contribution < -0.4 is 11.1 Å². The Bertz CT molecular complexity index is 612. The summed E-state index contributed by atoms with van der Waals surface area (Å²) in [5, 5.41) is 4.01. The molecule has 20 heavy (non-hydrogen) atoms. The Morgan fingerprint density at radius 2 is 1.70 bits per heavy atom. The Morgan fingerprint density at radius 3 is 2.40 bits per heavy atom. The van der Waals surface area contributed by atoms with Crippen LogP contribution in [0, 0.1) is 0 Å². The molecule has 0 bridgehead atoms. The molecule has 2 rings (SSSR count). The number of hydrogen-bond acceptors (Lipinski definition) is 2. The lowest BCUT2D eigenvalue weighted by atomic mass is 10.1. The molecule has 0 aliphatic rings. The van der Waals surface area contributed by atoms with Crippen LogP contribution >= 0.6 is 23.2 Å². The summed E-state index contributed by atoms with van der Waals surface area (Å²) < 4.78 is 0. The minimum atomic E-state index is -0.223. The number of nitrogens with one attached hydrogen (secondary N) is 1. The Labute approximate surface area is 127 Å². The predicted octanol–water partition coefficient (Wildman–Crippen LogP) is 3.55. The first-order chi connectivity index (χ1) is 9.56. The van der Waals surface area contributed by atoms with Crippen LogP contribution in [0.3, 0.4) is 0 Å². The number of anilines is 1. The summed E-state index contributed by atoms with van der Waals surface area (Å²) in [7, 11) is 0. The van der Waals surface area contributed by atoms with Crippen LogP contribution in [0.2, 0.25) is 10.0 Å². The van der Waals surface area contributed by atoms with Gasteiger partial charge in [0.1, 0.15) is 0 Å². The quantitative estimate of drug-likeness (QED) is 0.849. The third-order valence-corrected chi connectivity index (χ3v) is 3.36. The first kappa shape index (κ1) is 14.7. The normalized spacial score (nSPS) is 10.3. The van der Waals surface area contributed by atoms with Crippen molar-refractivity contribution in [1.82, 2.24) is 5.32 Å². The maximum Gasteiger partial charge on any atom is 0.253 e. The van der Waals surface area contributed by atoms with E-state index in [1.165, 1.54) is 0 Å². The van der Waals surface area contributed by atoms with E-state index >= 15 is 0 Å². The summed E-state index contributed by atoms with van der Waals surface area (Å²) in [6.45, 7) is 0.520. The van der Waals surface area contributed by atoms with Gasteiger partial charge in [0.25, 0.3) is 5.91 Å². The Morgan fingerprint density at radius 1 is 1.05 bits per heavy atom. The topological polar surface area (TPSA) is 55.1 Å². The lowest BCUT2D eigenvalue weighted by Crippen LogP contribution is -2.26. The fourth-order valence-electron chi connectivity index (χ4n) is 1.79. The van der Waals surface area contributed by atoms with Gasteiger partial charge in [0, 0.05) is 22.3 Å². The zero-order chi connectivity index (χ0) is 14.5. The van der Waals surface area contributed by atoms with Gasteiger partial charge in [-0.1, -0.05) is 35.3 Å². The van der Waals surface area contributed by atoms with E-state index in [2.05, 4.69) is 5.32 Å². The molecule has 0 radical (unpaired) electrons. The molecular weight excluding hydrogens is 295 g/mol. The maximum absolute atomic E-state index is 12.0. The molecule has 0 unspecified atom stereocenters. The van der Waals surface area contributed by atoms with Gasteiger partial charge in [0.15, 0.2) is 0 Å². The Balaban J connectivity index is 1.92. The molecular formula is C15H14Cl2N2O. The zero-order valence-electron chi connectivity index (χ0n) is 10.7. The highest BCUT2D eigenvalue weighted by Crippen LogP contribution is 2.17. The molecule has 0 saturated heterocycles. The zero-order valence-corrected chi connectivity index (χ0v) is 12.2. The summed E-state index contributed by atoms with van der Waals surface area (Å²) in [6, 6.07) is 12.4. The van der Waals surface area contributed by atoms with Crippen molar-refractivity contribution in [2.24, 2.45) is 0 Å². The first-order valence-electron chi connectivity index (χ1n) is 6.14. The van der Waals surface area contributed by atoms with E-state index in [0.29, 0.717) is 27.8 Å². The van der Waals surface area contributed by atoms with Crippen LogP contribution in [0.4, 0.5) is 5.69 Å². The molecule has 2 aromatic rings. The third-order valence-electron chi connectivity index (χ3n) is 2.87. The molecule has 0 aliphatic carbocycles. The summed E-state index contributed by atoms with van der Waals surface area (Å²) >= 11 is 11.7. The smallest absolute Gasteiger partial charge is 0.253 e. The van der Waals surface area contributed by atoms with E-state index in [0.717, 1.165) is 12.0 Å². The monoisotopic (exact) mass is 308 g/mol. The SMILES string of the molecule is Nc1ccc(Cl)cc1C(=O)NCCc1ccc(Cl)cc1. The number of carbonyl (C=O) groups excluding carboxylic acids is 1. The van der Waals surface area contributed by atoms with Crippen LogP contribution in [-0.4, -0.2) is 12.5 Å². The lowest BCUT2D eigenvalue weighted by Gasteiger charge is -2.08. The number of rotatable bonds is 4. The fourth-order valence-corrected chi connectivity index (χ4v) is 2.09. The van der Waals surface area contributed by atoms with Crippen LogP contribution in [-0.2, 0) is 6.42 Å². The van der Waals surface area contributed by atoms with Crippen molar-refractivity contribution in [2.45, 2.75) is 6.42 Å². The van der Waals surface area contributed by atoms with Crippen LogP contribution in [0.25, 0.3) is 0 Å². The third kappa shape index (κ3) is 3.89. The van der Waals surface area contributed by atoms with Crippen molar-refractivity contribution in [3.8, 4) is 0 Å². The molecule has 104 valence electrons. The van der Waals surface area contributed by atoms with Crippen LogP contribution in [0.15, 0.2) is 42.5 Å². The van der Waals surface area contributed by atoms with Gasteiger partial charge >= 0.3 is 0 Å². The second kappa shape index (κ2) is 6.64. The summed E-state index contributed by atoms with van der Waals surface area (Å²) in [4.78, 5) is 12.0. The average Bonchev–Trinajstić information content (AvgIpc) is 2.43. The maximum atomic E-state index is 12.0. The number of benzene rings is 2. The highest BCUT2D eigenvalue weighted by atomic mass is 35.5. The minimum Gasteiger partial charge on any atom is -0.398 e. The van der Waals surface area contributed by atoms with E-state index in [-0.39, 0.29) is 5.91 Å². The second-order valence-electron chi connectivity index (χ2n) is 4.36. The van der Waals surface area contributed by atoms with E-state index in [4.69, 9.17) is 28.9 Å². The largest absolute Gasteiger partial charge is 0.398 e. The molecule has 0 heterocycles. The van der Waals surface area contributed by atoms with Crippen molar-refractivity contribution < 1.29 is 4.79 Å².